The molecule has 0 saturated heterocycles. The Labute approximate surface area is 359 Å². The first-order valence-corrected chi connectivity index (χ1v) is 21.7. The molecule has 0 spiro atoms. The molecule has 0 fully saturated rings. The molecule has 0 aliphatic heterocycles. The molecule has 13 rings (SSSR count). The second kappa shape index (κ2) is 13.9. The molecule has 3 aromatic heterocycles. The van der Waals surface area contributed by atoms with E-state index in [4.69, 9.17) is 9.97 Å². The first-order valence-electron chi connectivity index (χ1n) is 21.7. The smallest absolute Gasteiger partial charge is 0.235 e. The highest BCUT2D eigenvalue weighted by atomic mass is 15.2. The molecule has 0 amide bonds. The Bertz CT molecular complexity index is 3630. The van der Waals surface area contributed by atoms with Crippen LogP contribution < -0.4 is 0 Å². The summed E-state index contributed by atoms with van der Waals surface area (Å²) in [5.74, 6) is 1.47. The zero-order valence-electron chi connectivity index (χ0n) is 34.0. The molecule has 4 heteroatoms. The highest BCUT2D eigenvalue weighted by Gasteiger charge is 2.25. The maximum absolute atomic E-state index is 5.35. The monoisotopic (exact) mass is 792 g/mol. The van der Waals surface area contributed by atoms with Crippen LogP contribution in [0.3, 0.4) is 0 Å². The highest BCUT2D eigenvalue weighted by Crippen LogP contribution is 2.42. The van der Waals surface area contributed by atoms with Crippen LogP contribution in [-0.4, -0.2) is 19.1 Å². The van der Waals surface area contributed by atoms with E-state index in [0.717, 1.165) is 46.0 Å². The van der Waals surface area contributed by atoms with E-state index in [1.165, 1.54) is 71.7 Å². The highest BCUT2D eigenvalue weighted by molar-refractivity contribution is 6.22. The van der Waals surface area contributed by atoms with E-state index in [9.17, 15) is 0 Å². The van der Waals surface area contributed by atoms with Crippen molar-refractivity contribution in [3.05, 3.63) is 217 Å². The fraction of sp³-hybridized carbons (Fsp3) is 0.0690. The van der Waals surface area contributed by atoms with Crippen molar-refractivity contribution in [2.75, 3.05) is 0 Å². The number of allylic oxidation sites excluding steroid dienone is 9. The zero-order valence-corrected chi connectivity index (χ0v) is 34.0. The second-order valence-electron chi connectivity index (χ2n) is 16.8. The summed E-state index contributed by atoms with van der Waals surface area (Å²) in [7, 11) is 0. The molecule has 3 aliphatic rings. The number of nitrogens with zero attached hydrogens (tertiary/aromatic N) is 4. The SMILES string of the molecule is C1=CC2C=CC=C(c3ccc(-n4c5c(c6cc(-c7ccc8c(c7)c7c9ccccc9ccc7n8-c7nc(-c8ccccc8)c8ccccc8n7)ccc64)CCC=C5)cc3)C2C=C1. The van der Waals surface area contributed by atoms with Gasteiger partial charge in [0.25, 0.3) is 0 Å². The Morgan fingerprint density at radius 3 is 2.10 bits per heavy atom. The lowest BCUT2D eigenvalue weighted by Crippen LogP contribution is -2.14. The summed E-state index contributed by atoms with van der Waals surface area (Å²) in [6.45, 7) is 0. The molecule has 0 bridgehead atoms. The van der Waals surface area contributed by atoms with E-state index in [-0.39, 0.29) is 0 Å². The number of hydrogen-bond donors (Lipinski definition) is 0. The van der Waals surface area contributed by atoms with Crippen LogP contribution in [0.15, 0.2) is 200 Å². The van der Waals surface area contributed by atoms with Gasteiger partial charge in [0.15, 0.2) is 0 Å². The zero-order chi connectivity index (χ0) is 40.7. The third kappa shape index (κ3) is 5.39. The minimum atomic E-state index is 0.381. The van der Waals surface area contributed by atoms with Gasteiger partial charge >= 0.3 is 0 Å². The number of fused-ring (bicyclic) bond motifs is 10. The summed E-state index contributed by atoms with van der Waals surface area (Å²) in [5.41, 5.74) is 15.3. The van der Waals surface area contributed by atoms with E-state index < -0.39 is 0 Å². The summed E-state index contributed by atoms with van der Waals surface area (Å²) >= 11 is 0. The Hall–Kier alpha value is -7.82. The lowest BCUT2D eigenvalue weighted by Gasteiger charge is -2.27. The van der Waals surface area contributed by atoms with Crippen molar-refractivity contribution in [3.63, 3.8) is 0 Å². The van der Waals surface area contributed by atoms with Crippen LogP contribution in [0.2, 0.25) is 0 Å². The molecular weight excluding hydrogens is 753 g/mol. The van der Waals surface area contributed by atoms with Gasteiger partial charge in [0, 0.05) is 50.3 Å². The van der Waals surface area contributed by atoms with Crippen LogP contribution in [0.5, 0.6) is 0 Å². The molecule has 2 atom stereocenters. The maximum Gasteiger partial charge on any atom is 0.235 e. The summed E-state index contributed by atoms with van der Waals surface area (Å²) in [4.78, 5) is 10.6. The van der Waals surface area contributed by atoms with E-state index >= 15 is 0 Å². The lowest BCUT2D eigenvalue weighted by molar-refractivity contribution is 0.677. The van der Waals surface area contributed by atoms with Gasteiger partial charge in [0.1, 0.15) is 0 Å². The molecular formula is C58H40N4. The second-order valence-corrected chi connectivity index (χ2v) is 16.8. The number of hydrogen-bond acceptors (Lipinski definition) is 2. The van der Waals surface area contributed by atoms with Gasteiger partial charge in [-0.1, -0.05) is 152 Å². The van der Waals surface area contributed by atoms with Gasteiger partial charge in [-0.05, 0) is 106 Å². The number of para-hydroxylation sites is 1. The largest absolute Gasteiger partial charge is 0.310 e. The van der Waals surface area contributed by atoms with Crippen molar-refractivity contribution in [2.24, 2.45) is 11.8 Å². The van der Waals surface area contributed by atoms with Gasteiger partial charge in [-0.2, -0.15) is 0 Å². The Balaban J connectivity index is 0.963. The fourth-order valence-electron chi connectivity index (χ4n) is 10.5. The van der Waals surface area contributed by atoms with Crippen LogP contribution >= 0.6 is 0 Å². The fourth-order valence-corrected chi connectivity index (χ4v) is 10.5. The number of benzene rings is 7. The van der Waals surface area contributed by atoms with Crippen molar-refractivity contribution in [2.45, 2.75) is 12.8 Å². The quantitative estimate of drug-likeness (QED) is 0.174. The van der Waals surface area contributed by atoms with Crippen molar-refractivity contribution >= 4 is 66.0 Å². The maximum atomic E-state index is 5.35. The summed E-state index contributed by atoms with van der Waals surface area (Å²) in [5, 5.41) is 7.19. The van der Waals surface area contributed by atoms with Crippen LogP contribution in [0.1, 0.15) is 23.2 Å². The number of aromatic nitrogens is 4. The molecule has 0 N–H and O–H groups in total. The molecule has 3 heterocycles. The topological polar surface area (TPSA) is 35.6 Å². The van der Waals surface area contributed by atoms with E-state index in [1.807, 2.05) is 0 Å². The Morgan fingerprint density at radius 1 is 0.516 bits per heavy atom. The van der Waals surface area contributed by atoms with Gasteiger partial charge in [-0.15, -0.1) is 0 Å². The number of rotatable bonds is 5. The summed E-state index contributed by atoms with van der Waals surface area (Å²) < 4.78 is 4.73. The van der Waals surface area contributed by atoms with Crippen molar-refractivity contribution in [1.82, 2.24) is 19.1 Å². The minimum absolute atomic E-state index is 0.381. The normalized spacial score (nSPS) is 16.7. The summed E-state index contributed by atoms with van der Waals surface area (Å²) in [6.07, 6.45) is 22.5. The third-order valence-electron chi connectivity index (χ3n) is 13.4. The van der Waals surface area contributed by atoms with E-state index in [1.54, 1.807) is 0 Å². The van der Waals surface area contributed by atoms with Crippen molar-refractivity contribution < 1.29 is 0 Å². The average Bonchev–Trinajstić information content (AvgIpc) is 3.86. The predicted octanol–water partition coefficient (Wildman–Crippen LogP) is 14.4. The molecule has 292 valence electrons. The molecule has 7 aromatic carbocycles. The van der Waals surface area contributed by atoms with Gasteiger partial charge < -0.3 is 4.57 Å². The standard InChI is InChI=1S/C58H40N4/c1-2-15-40(16-3-1)57-48-21-8-10-23-51(48)59-58(60-57)62-54-33-29-42(36-50(54)56-46-19-7-5-14-38(46)27-34-55(56)62)41-28-32-53-49(35-41)47-20-9-11-24-52(47)61(53)43-30-25-39(26-31-43)45-22-12-17-37-13-4-6-18-44(37)45/h1-8,10-19,21-37,44H,9,20H2. The van der Waals surface area contributed by atoms with Crippen LogP contribution in [0.4, 0.5) is 0 Å². The molecule has 0 saturated carbocycles. The van der Waals surface area contributed by atoms with Gasteiger partial charge in [-0.25, -0.2) is 9.97 Å². The van der Waals surface area contributed by atoms with Crippen molar-refractivity contribution in [1.29, 1.82) is 0 Å². The van der Waals surface area contributed by atoms with E-state index in [0.29, 0.717) is 17.8 Å². The van der Waals surface area contributed by atoms with E-state index in [2.05, 4.69) is 215 Å². The predicted molar refractivity (Wildman–Crippen MR) is 259 cm³/mol. The van der Waals surface area contributed by atoms with Gasteiger partial charge in [-0.3, -0.25) is 4.57 Å². The Kier molecular flexibility index (Phi) is 7.83. The van der Waals surface area contributed by atoms with Crippen LogP contribution in [0.25, 0.3) is 100 Å². The third-order valence-corrected chi connectivity index (χ3v) is 13.4. The molecule has 3 aliphatic carbocycles. The molecule has 10 aromatic rings. The summed E-state index contributed by atoms with van der Waals surface area (Å²) in [6, 6.07) is 55.2. The van der Waals surface area contributed by atoms with Crippen molar-refractivity contribution in [3.8, 4) is 34.0 Å². The van der Waals surface area contributed by atoms with Gasteiger partial charge in [0.2, 0.25) is 5.95 Å². The average molecular weight is 793 g/mol. The van der Waals surface area contributed by atoms with Crippen LogP contribution in [0, 0.1) is 11.8 Å². The molecule has 4 nitrogen and oxygen atoms in total. The molecule has 2 unspecified atom stereocenters. The molecule has 62 heavy (non-hydrogen) atoms. The van der Waals surface area contributed by atoms with Crippen LogP contribution in [-0.2, 0) is 6.42 Å². The first-order chi connectivity index (χ1) is 30.7. The minimum Gasteiger partial charge on any atom is -0.310 e. The Morgan fingerprint density at radius 2 is 1.23 bits per heavy atom. The first kappa shape index (κ1) is 35.0. The van der Waals surface area contributed by atoms with Gasteiger partial charge in [0.05, 0.1) is 27.8 Å². The molecule has 0 radical (unpaired) electrons. The number of aryl methyl sites for hydroxylation is 1. The lowest BCUT2D eigenvalue weighted by atomic mass is 9.77.